The Kier molecular flexibility index (Phi) is 10.8. The fraction of sp³-hybridized carbons (Fsp3) is 0.652. The number of carbonyl (C=O) groups excluding carboxylic acids is 2. The van der Waals surface area contributed by atoms with Gasteiger partial charge in [0.15, 0.2) is 0 Å². The van der Waals surface area contributed by atoms with Gasteiger partial charge in [-0.15, -0.1) is 11.6 Å². The lowest BCUT2D eigenvalue weighted by molar-refractivity contribution is -0.121. The Morgan fingerprint density at radius 1 is 1.12 bits per heavy atom. The maximum absolute atomic E-state index is 11.9. The van der Waals surface area contributed by atoms with E-state index in [2.05, 4.69) is 16.0 Å². The molecule has 0 bridgehead atoms. The van der Waals surface area contributed by atoms with Crippen LogP contribution in [0.3, 0.4) is 0 Å². The predicted molar refractivity (Wildman–Crippen MR) is 129 cm³/mol. The van der Waals surface area contributed by atoms with Crippen molar-refractivity contribution < 1.29 is 19.1 Å². The molecule has 0 radical (unpaired) electrons. The summed E-state index contributed by atoms with van der Waals surface area (Å²) in [6.07, 6.45) is 5.50. The van der Waals surface area contributed by atoms with Gasteiger partial charge in [-0.2, -0.15) is 11.8 Å². The van der Waals surface area contributed by atoms with Crippen molar-refractivity contribution in [2.24, 2.45) is 0 Å². The summed E-state index contributed by atoms with van der Waals surface area (Å²) in [5.41, 5.74) is 1.20. The van der Waals surface area contributed by atoms with Gasteiger partial charge in [0.25, 0.3) is 0 Å². The SMILES string of the molecule is O=C(CCCCCC1SC[C@@H]2NC(=O)N[C@H]12)NCCOCCOc1ccc(CCCl)cc1. The monoisotopic (exact) mass is 483 g/mol. The highest BCUT2D eigenvalue weighted by atomic mass is 35.5. The number of rotatable bonds is 15. The van der Waals surface area contributed by atoms with Crippen LogP contribution in [-0.4, -0.2) is 67.3 Å². The molecule has 0 aromatic heterocycles. The molecule has 3 rings (SSSR count). The molecular weight excluding hydrogens is 450 g/mol. The van der Waals surface area contributed by atoms with Crippen LogP contribution in [0.1, 0.15) is 37.7 Å². The quantitative estimate of drug-likeness (QED) is 0.203. The minimum atomic E-state index is -0.0355. The van der Waals surface area contributed by atoms with E-state index in [0.717, 1.165) is 43.6 Å². The highest BCUT2D eigenvalue weighted by Gasteiger charge is 2.42. The van der Waals surface area contributed by atoms with Crippen molar-refractivity contribution in [3.05, 3.63) is 29.8 Å². The lowest BCUT2D eigenvalue weighted by Crippen LogP contribution is -2.36. The molecule has 2 fully saturated rings. The van der Waals surface area contributed by atoms with Crippen LogP contribution in [0.4, 0.5) is 4.79 Å². The van der Waals surface area contributed by atoms with Gasteiger partial charge in [-0.25, -0.2) is 4.79 Å². The molecule has 3 amide bonds. The Morgan fingerprint density at radius 2 is 1.97 bits per heavy atom. The second kappa shape index (κ2) is 13.8. The minimum absolute atomic E-state index is 0.0355. The maximum atomic E-state index is 11.9. The molecule has 2 saturated heterocycles. The Hall–Kier alpha value is -1.64. The lowest BCUT2D eigenvalue weighted by atomic mass is 10.0. The number of alkyl halides is 1. The van der Waals surface area contributed by atoms with Crippen LogP contribution >= 0.6 is 23.4 Å². The first-order chi connectivity index (χ1) is 15.7. The smallest absolute Gasteiger partial charge is 0.315 e. The van der Waals surface area contributed by atoms with Crippen molar-refractivity contribution in [2.45, 2.75) is 55.9 Å². The number of thioether (sulfide) groups is 1. The molecule has 1 aromatic carbocycles. The molecule has 2 heterocycles. The predicted octanol–water partition coefficient (Wildman–Crippen LogP) is 3.10. The first kappa shape index (κ1) is 25.0. The summed E-state index contributed by atoms with van der Waals surface area (Å²) in [5, 5.41) is 9.38. The van der Waals surface area contributed by atoms with E-state index in [1.807, 2.05) is 36.0 Å². The Bertz CT molecular complexity index is 722. The molecule has 0 saturated carbocycles. The molecule has 2 aliphatic heterocycles. The largest absolute Gasteiger partial charge is 0.491 e. The molecule has 32 heavy (non-hydrogen) atoms. The average molecular weight is 484 g/mol. The third-order valence-electron chi connectivity index (χ3n) is 5.70. The Morgan fingerprint density at radius 3 is 2.78 bits per heavy atom. The zero-order valence-corrected chi connectivity index (χ0v) is 20.0. The summed E-state index contributed by atoms with van der Waals surface area (Å²) in [5.74, 6) is 2.50. The molecule has 0 spiro atoms. The number of hydrogen-bond donors (Lipinski definition) is 3. The molecule has 1 aromatic rings. The summed E-state index contributed by atoms with van der Waals surface area (Å²) in [4.78, 5) is 23.3. The van der Waals surface area contributed by atoms with Crippen molar-refractivity contribution in [1.29, 1.82) is 0 Å². The van der Waals surface area contributed by atoms with Crippen LogP contribution in [0, 0.1) is 0 Å². The number of benzene rings is 1. The van der Waals surface area contributed by atoms with Crippen LogP contribution in [0.5, 0.6) is 5.75 Å². The molecule has 178 valence electrons. The van der Waals surface area contributed by atoms with E-state index in [9.17, 15) is 9.59 Å². The van der Waals surface area contributed by atoms with E-state index < -0.39 is 0 Å². The van der Waals surface area contributed by atoms with E-state index in [4.69, 9.17) is 21.1 Å². The molecule has 2 aliphatic rings. The number of fused-ring (bicyclic) bond motifs is 1. The van der Waals surface area contributed by atoms with Gasteiger partial charge in [0.2, 0.25) is 5.91 Å². The number of amides is 3. The molecular formula is C23H34ClN3O4S. The fourth-order valence-electron chi connectivity index (χ4n) is 3.98. The number of unbranched alkanes of at least 4 members (excludes halogenated alkanes) is 2. The van der Waals surface area contributed by atoms with E-state index in [1.165, 1.54) is 5.56 Å². The first-order valence-electron chi connectivity index (χ1n) is 11.5. The third kappa shape index (κ3) is 8.37. The molecule has 3 atom stereocenters. The summed E-state index contributed by atoms with van der Waals surface area (Å²) in [6, 6.07) is 8.43. The van der Waals surface area contributed by atoms with Crippen molar-refractivity contribution >= 4 is 35.3 Å². The number of urea groups is 1. The highest BCUT2D eigenvalue weighted by Crippen LogP contribution is 2.33. The Labute approximate surface area is 199 Å². The van der Waals surface area contributed by atoms with Gasteiger partial charge in [0, 0.05) is 29.8 Å². The average Bonchev–Trinajstić information content (AvgIpc) is 3.33. The number of ether oxygens (including phenoxy) is 2. The van der Waals surface area contributed by atoms with Gasteiger partial charge < -0.3 is 25.4 Å². The normalized spacial score (nSPS) is 21.7. The van der Waals surface area contributed by atoms with E-state index in [0.29, 0.717) is 43.9 Å². The standard InChI is InChI=1S/C23H34ClN3O4S/c24-11-10-17-6-8-18(9-7-17)31-15-14-30-13-12-25-21(28)5-3-1-2-4-20-22-19(16-32-20)26-23(29)27-22/h6-9,19-20,22H,1-5,10-16H2,(H,25,28)(H2,26,27,29)/t19-,20?,22-/m0/s1. The van der Waals surface area contributed by atoms with Gasteiger partial charge in [0.1, 0.15) is 12.4 Å². The van der Waals surface area contributed by atoms with Crippen LogP contribution in [-0.2, 0) is 16.0 Å². The van der Waals surface area contributed by atoms with Crippen molar-refractivity contribution in [2.75, 3.05) is 38.0 Å². The number of aryl methyl sites for hydroxylation is 1. The van der Waals surface area contributed by atoms with Crippen LogP contribution < -0.4 is 20.7 Å². The van der Waals surface area contributed by atoms with Gasteiger partial charge >= 0.3 is 6.03 Å². The maximum Gasteiger partial charge on any atom is 0.315 e. The van der Waals surface area contributed by atoms with E-state index in [1.54, 1.807) is 0 Å². The summed E-state index contributed by atoms with van der Waals surface area (Å²) >= 11 is 7.67. The zero-order chi connectivity index (χ0) is 22.6. The van der Waals surface area contributed by atoms with Crippen LogP contribution in [0.15, 0.2) is 24.3 Å². The molecule has 7 nitrogen and oxygen atoms in total. The van der Waals surface area contributed by atoms with Gasteiger partial charge in [-0.05, 0) is 37.0 Å². The first-order valence-corrected chi connectivity index (χ1v) is 13.0. The summed E-state index contributed by atoms with van der Waals surface area (Å²) in [7, 11) is 0. The number of nitrogens with one attached hydrogen (secondary N) is 3. The second-order valence-electron chi connectivity index (χ2n) is 8.11. The van der Waals surface area contributed by atoms with Crippen molar-refractivity contribution in [3.63, 3.8) is 0 Å². The van der Waals surface area contributed by atoms with Crippen molar-refractivity contribution in [1.82, 2.24) is 16.0 Å². The van der Waals surface area contributed by atoms with Gasteiger partial charge in [0.05, 0.1) is 25.3 Å². The molecule has 0 aliphatic carbocycles. The third-order valence-corrected chi connectivity index (χ3v) is 7.40. The molecule has 3 N–H and O–H groups in total. The zero-order valence-electron chi connectivity index (χ0n) is 18.4. The topological polar surface area (TPSA) is 88.7 Å². The Balaban J connectivity index is 1.11. The highest BCUT2D eigenvalue weighted by molar-refractivity contribution is 8.00. The fourth-order valence-corrected chi connectivity index (χ4v) is 5.75. The molecule has 1 unspecified atom stereocenters. The number of hydrogen-bond acceptors (Lipinski definition) is 5. The lowest BCUT2D eigenvalue weighted by Gasteiger charge is -2.16. The second-order valence-corrected chi connectivity index (χ2v) is 9.77. The van der Waals surface area contributed by atoms with Gasteiger partial charge in [-0.3, -0.25) is 4.79 Å². The van der Waals surface area contributed by atoms with E-state index in [-0.39, 0.29) is 24.0 Å². The summed E-state index contributed by atoms with van der Waals surface area (Å²) in [6.45, 7) is 1.95. The number of halogens is 1. The minimum Gasteiger partial charge on any atom is -0.491 e. The number of carbonyl (C=O) groups is 2. The molecule has 9 heteroatoms. The van der Waals surface area contributed by atoms with E-state index >= 15 is 0 Å². The van der Waals surface area contributed by atoms with Gasteiger partial charge in [-0.1, -0.05) is 25.0 Å². The van der Waals surface area contributed by atoms with Crippen molar-refractivity contribution in [3.8, 4) is 5.75 Å². The van der Waals surface area contributed by atoms with Crippen LogP contribution in [0.2, 0.25) is 0 Å². The summed E-state index contributed by atoms with van der Waals surface area (Å²) < 4.78 is 11.2. The van der Waals surface area contributed by atoms with Crippen LogP contribution in [0.25, 0.3) is 0 Å².